The summed E-state index contributed by atoms with van der Waals surface area (Å²) in [5.41, 5.74) is 5.13. The van der Waals surface area contributed by atoms with Crippen molar-refractivity contribution in [3.05, 3.63) is 64.7 Å². The standard InChI is InChI=1S/C19H18FNO2/c1-11-8-12(2)18-14(10-23-19(18)13(11)3)9-17(22)21-16-7-5-4-6-15(16)20/h4-8,10H,9H2,1-3H3,(H,21,22). The molecule has 3 rings (SSSR count). The topological polar surface area (TPSA) is 42.2 Å². The van der Waals surface area contributed by atoms with Gasteiger partial charge in [0.2, 0.25) is 5.91 Å². The first-order valence-electron chi connectivity index (χ1n) is 7.48. The van der Waals surface area contributed by atoms with Crippen LogP contribution >= 0.6 is 0 Å². The molecule has 0 bridgehead atoms. The minimum absolute atomic E-state index is 0.144. The molecular formula is C19H18FNO2. The zero-order chi connectivity index (χ0) is 16.6. The number of carbonyl (C=O) groups is 1. The average molecular weight is 311 g/mol. The molecule has 0 unspecified atom stereocenters. The zero-order valence-corrected chi connectivity index (χ0v) is 13.4. The van der Waals surface area contributed by atoms with Crippen LogP contribution in [0.15, 0.2) is 41.0 Å². The van der Waals surface area contributed by atoms with Crippen LogP contribution in [-0.2, 0) is 11.2 Å². The molecule has 1 amide bonds. The van der Waals surface area contributed by atoms with E-state index in [-0.39, 0.29) is 18.0 Å². The molecule has 0 saturated heterocycles. The van der Waals surface area contributed by atoms with E-state index in [1.807, 2.05) is 20.8 Å². The number of rotatable bonds is 3. The first-order valence-corrected chi connectivity index (χ1v) is 7.48. The molecular weight excluding hydrogens is 293 g/mol. The second kappa shape index (κ2) is 5.88. The van der Waals surface area contributed by atoms with Crippen molar-refractivity contribution in [2.45, 2.75) is 27.2 Å². The number of carbonyl (C=O) groups excluding carboxylic acids is 1. The Balaban J connectivity index is 1.89. The molecule has 0 radical (unpaired) electrons. The molecule has 1 aromatic heterocycles. The maximum absolute atomic E-state index is 13.6. The van der Waals surface area contributed by atoms with Crippen molar-refractivity contribution in [3.8, 4) is 0 Å². The summed E-state index contributed by atoms with van der Waals surface area (Å²) in [5.74, 6) is -0.712. The first kappa shape index (κ1) is 15.3. The maximum atomic E-state index is 13.6. The fraction of sp³-hybridized carbons (Fsp3) is 0.211. The summed E-state index contributed by atoms with van der Waals surface area (Å²) in [4.78, 5) is 12.2. The Kier molecular flexibility index (Phi) is 3.90. The van der Waals surface area contributed by atoms with Crippen molar-refractivity contribution in [2.24, 2.45) is 0 Å². The number of fused-ring (bicyclic) bond motifs is 1. The van der Waals surface area contributed by atoms with Gasteiger partial charge in [0.25, 0.3) is 0 Å². The third-order valence-corrected chi connectivity index (χ3v) is 4.13. The predicted molar refractivity (Wildman–Crippen MR) is 89.2 cm³/mol. The largest absolute Gasteiger partial charge is 0.464 e. The third kappa shape index (κ3) is 2.84. The highest BCUT2D eigenvalue weighted by Gasteiger charge is 2.16. The normalized spacial score (nSPS) is 11.0. The van der Waals surface area contributed by atoms with Gasteiger partial charge in [0.1, 0.15) is 11.4 Å². The van der Waals surface area contributed by atoms with Gasteiger partial charge in [0.15, 0.2) is 0 Å². The number of anilines is 1. The van der Waals surface area contributed by atoms with E-state index in [9.17, 15) is 9.18 Å². The van der Waals surface area contributed by atoms with Gasteiger partial charge in [-0.05, 0) is 49.6 Å². The smallest absolute Gasteiger partial charge is 0.229 e. The van der Waals surface area contributed by atoms with Gasteiger partial charge < -0.3 is 9.73 Å². The molecule has 4 heteroatoms. The lowest BCUT2D eigenvalue weighted by atomic mass is 9.99. The van der Waals surface area contributed by atoms with Crippen molar-refractivity contribution in [2.75, 3.05) is 5.32 Å². The predicted octanol–water partition coefficient (Wildman–Crippen LogP) is 4.68. The molecule has 0 aliphatic rings. The fourth-order valence-electron chi connectivity index (χ4n) is 2.85. The summed E-state index contributed by atoms with van der Waals surface area (Å²) in [5, 5.41) is 3.57. The number of furan rings is 1. The molecule has 2 aromatic carbocycles. The molecule has 118 valence electrons. The van der Waals surface area contributed by atoms with Gasteiger partial charge in [-0.3, -0.25) is 4.79 Å². The van der Waals surface area contributed by atoms with Crippen LogP contribution < -0.4 is 5.32 Å². The van der Waals surface area contributed by atoms with Crippen LogP contribution in [0.3, 0.4) is 0 Å². The highest BCUT2D eigenvalue weighted by atomic mass is 19.1. The van der Waals surface area contributed by atoms with Crippen LogP contribution in [0.25, 0.3) is 11.0 Å². The van der Waals surface area contributed by atoms with Gasteiger partial charge in [0, 0.05) is 10.9 Å². The fourth-order valence-corrected chi connectivity index (χ4v) is 2.85. The lowest BCUT2D eigenvalue weighted by Crippen LogP contribution is -2.15. The van der Waals surface area contributed by atoms with Gasteiger partial charge in [0.05, 0.1) is 18.4 Å². The number of aryl methyl sites for hydroxylation is 3. The molecule has 0 saturated carbocycles. The Morgan fingerprint density at radius 1 is 1.17 bits per heavy atom. The van der Waals surface area contributed by atoms with Crippen LogP contribution in [0.5, 0.6) is 0 Å². The van der Waals surface area contributed by atoms with E-state index in [1.165, 1.54) is 6.07 Å². The van der Waals surface area contributed by atoms with Gasteiger partial charge in [-0.25, -0.2) is 4.39 Å². The Labute approximate surface area is 134 Å². The number of hydrogen-bond donors (Lipinski definition) is 1. The van der Waals surface area contributed by atoms with Crippen LogP contribution in [0.4, 0.5) is 10.1 Å². The van der Waals surface area contributed by atoms with Gasteiger partial charge in [-0.15, -0.1) is 0 Å². The Morgan fingerprint density at radius 2 is 1.91 bits per heavy atom. The quantitative estimate of drug-likeness (QED) is 0.763. The monoisotopic (exact) mass is 311 g/mol. The maximum Gasteiger partial charge on any atom is 0.229 e. The van der Waals surface area contributed by atoms with Crippen LogP contribution in [0, 0.1) is 26.6 Å². The summed E-state index contributed by atoms with van der Waals surface area (Å²) >= 11 is 0. The molecule has 1 N–H and O–H groups in total. The Bertz CT molecular complexity index is 896. The molecule has 3 aromatic rings. The molecule has 23 heavy (non-hydrogen) atoms. The van der Waals surface area contributed by atoms with Crippen LogP contribution in [-0.4, -0.2) is 5.91 Å². The Morgan fingerprint density at radius 3 is 2.65 bits per heavy atom. The van der Waals surface area contributed by atoms with Gasteiger partial charge in [-0.1, -0.05) is 18.2 Å². The van der Waals surface area contributed by atoms with Crippen molar-refractivity contribution in [3.63, 3.8) is 0 Å². The van der Waals surface area contributed by atoms with Crippen molar-refractivity contribution < 1.29 is 13.6 Å². The summed E-state index contributed by atoms with van der Waals surface area (Å²) < 4.78 is 19.3. The number of para-hydroxylation sites is 1. The molecule has 3 nitrogen and oxygen atoms in total. The SMILES string of the molecule is Cc1cc(C)c2c(CC(=O)Nc3ccccc3F)coc2c1C. The van der Waals surface area contributed by atoms with E-state index in [1.54, 1.807) is 24.5 Å². The second-order valence-corrected chi connectivity index (χ2v) is 5.81. The minimum atomic E-state index is -0.444. The number of benzene rings is 2. The van der Waals surface area contributed by atoms with Crippen molar-refractivity contribution in [1.82, 2.24) is 0 Å². The molecule has 1 heterocycles. The van der Waals surface area contributed by atoms with Crippen molar-refractivity contribution >= 4 is 22.6 Å². The van der Waals surface area contributed by atoms with Crippen LogP contribution in [0.1, 0.15) is 22.3 Å². The average Bonchev–Trinajstić information content (AvgIpc) is 2.91. The number of hydrogen-bond acceptors (Lipinski definition) is 2. The summed E-state index contributed by atoms with van der Waals surface area (Å²) in [6, 6.07) is 8.22. The third-order valence-electron chi connectivity index (χ3n) is 4.13. The first-order chi connectivity index (χ1) is 11.0. The highest BCUT2D eigenvalue weighted by molar-refractivity contribution is 5.96. The van der Waals surface area contributed by atoms with E-state index >= 15 is 0 Å². The van der Waals surface area contributed by atoms with Gasteiger partial charge in [-0.2, -0.15) is 0 Å². The highest BCUT2D eigenvalue weighted by Crippen LogP contribution is 2.30. The number of halogens is 1. The molecule has 0 aliphatic carbocycles. The molecule has 0 aliphatic heterocycles. The van der Waals surface area contributed by atoms with Gasteiger partial charge >= 0.3 is 0 Å². The summed E-state index contributed by atoms with van der Waals surface area (Å²) in [6.07, 6.45) is 1.76. The van der Waals surface area contributed by atoms with E-state index in [4.69, 9.17) is 4.42 Å². The molecule has 0 spiro atoms. The van der Waals surface area contributed by atoms with E-state index in [0.717, 1.165) is 33.2 Å². The van der Waals surface area contributed by atoms with E-state index in [0.29, 0.717) is 0 Å². The number of amides is 1. The lowest BCUT2D eigenvalue weighted by Gasteiger charge is -2.07. The minimum Gasteiger partial charge on any atom is -0.464 e. The Hall–Kier alpha value is -2.62. The zero-order valence-electron chi connectivity index (χ0n) is 13.4. The summed E-state index contributed by atoms with van der Waals surface area (Å²) in [7, 11) is 0. The molecule has 0 atom stereocenters. The lowest BCUT2D eigenvalue weighted by molar-refractivity contribution is -0.115. The molecule has 0 fully saturated rings. The number of nitrogens with one attached hydrogen (secondary N) is 1. The van der Waals surface area contributed by atoms with E-state index in [2.05, 4.69) is 11.4 Å². The summed E-state index contributed by atoms with van der Waals surface area (Å²) in [6.45, 7) is 6.04. The van der Waals surface area contributed by atoms with Crippen LogP contribution in [0.2, 0.25) is 0 Å². The van der Waals surface area contributed by atoms with Crippen molar-refractivity contribution in [1.29, 1.82) is 0 Å². The second-order valence-electron chi connectivity index (χ2n) is 5.81. The van der Waals surface area contributed by atoms with E-state index < -0.39 is 5.82 Å².